The zero-order valence-corrected chi connectivity index (χ0v) is 22.2. The Labute approximate surface area is 228 Å². The third-order valence-electron chi connectivity index (χ3n) is 7.29. The van der Waals surface area contributed by atoms with Crippen molar-refractivity contribution in [3.8, 4) is 5.75 Å². The number of alkyl halides is 1. The first-order valence-corrected chi connectivity index (χ1v) is 12.7. The first-order valence-electron chi connectivity index (χ1n) is 11.2. The molecule has 15 heteroatoms. The zero-order chi connectivity index (χ0) is 28.4. The number of fused-ring (bicyclic) bond motifs is 3. The molecule has 1 aromatic rings. The molecule has 4 atom stereocenters. The van der Waals surface area contributed by atoms with Gasteiger partial charge in [0.2, 0.25) is 11.7 Å². The van der Waals surface area contributed by atoms with Crippen LogP contribution in [0.15, 0.2) is 23.0 Å². The van der Waals surface area contributed by atoms with Crippen molar-refractivity contribution >= 4 is 63.1 Å². The fourth-order valence-corrected chi connectivity index (χ4v) is 5.92. The van der Waals surface area contributed by atoms with Gasteiger partial charge in [-0.15, -0.1) is 0 Å². The lowest BCUT2D eigenvalue weighted by atomic mass is 9.57. The predicted molar refractivity (Wildman–Crippen MR) is 138 cm³/mol. The van der Waals surface area contributed by atoms with Crippen molar-refractivity contribution in [3.63, 3.8) is 0 Å². The summed E-state index contributed by atoms with van der Waals surface area (Å²) >= 11 is 1.74. The molecule has 202 valence electrons. The molecule has 1 saturated carbocycles. The standard InChI is InChI=1S/C23H23IN4O10/c1-27(2)16-9-4-7-3-8-11(28(37)38)5-10(26-12(29)6-24)17(30)14(8)18(31)13(7)20(33)23(9,36)21(34)15(19(16)32)22(25)35/h5,7,9,16,30-31,34,36H,3-4,6H2,1-2H3,(H2,25,35)(H,26,29)/t7-,9-,16-,23-/m0/s1. The quantitative estimate of drug-likeness (QED) is 0.0636. The molecule has 0 aromatic heterocycles. The molecule has 0 unspecified atom stereocenters. The molecule has 0 aliphatic heterocycles. The number of benzene rings is 1. The molecule has 3 aliphatic rings. The largest absolute Gasteiger partial charge is 0.508 e. The minimum atomic E-state index is -2.83. The number of carbonyl (C=O) groups is 4. The van der Waals surface area contributed by atoms with Gasteiger partial charge in [-0.05, 0) is 32.9 Å². The summed E-state index contributed by atoms with van der Waals surface area (Å²) in [6.45, 7) is 0. The number of nitro benzene ring substituents is 1. The average molecular weight is 642 g/mol. The van der Waals surface area contributed by atoms with E-state index in [-0.39, 0.29) is 28.5 Å². The molecule has 0 heterocycles. The number of rotatable bonds is 5. The molecule has 3 aliphatic carbocycles. The molecular weight excluding hydrogens is 619 g/mol. The van der Waals surface area contributed by atoms with Crippen molar-refractivity contribution < 1.29 is 44.5 Å². The number of phenolic OH excluding ortho intramolecular Hbond substituents is 1. The first-order chi connectivity index (χ1) is 17.7. The van der Waals surface area contributed by atoms with E-state index >= 15 is 0 Å². The zero-order valence-electron chi connectivity index (χ0n) is 20.0. The van der Waals surface area contributed by atoms with Crippen LogP contribution < -0.4 is 11.1 Å². The van der Waals surface area contributed by atoms with Crippen molar-refractivity contribution in [2.75, 3.05) is 23.8 Å². The number of nitrogens with one attached hydrogen (secondary N) is 1. The summed E-state index contributed by atoms with van der Waals surface area (Å²) in [4.78, 5) is 63.3. The Hall–Kier alpha value is -3.57. The van der Waals surface area contributed by atoms with E-state index in [4.69, 9.17) is 5.73 Å². The maximum absolute atomic E-state index is 13.8. The molecule has 0 spiro atoms. The van der Waals surface area contributed by atoms with E-state index in [9.17, 15) is 49.7 Å². The van der Waals surface area contributed by atoms with Crippen LogP contribution in [-0.4, -0.2) is 83.8 Å². The third kappa shape index (κ3) is 3.75. The van der Waals surface area contributed by atoms with Gasteiger partial charge in [-0.2, -0.15) is 0 Å². The number of nitro groups is 1. The summed E-state index contributed by atoms with van der Waals surface area (Å²) in [6, 6.07) is -0.334. The number of hydrogen-bond donors (Lipinski definition) is 6. The van der Waals surface area contributed by atoms with E-state index in [1.165, 1.54) is 19.0 Å². The summed E-state index contributed by atoms with van der Waals surface area (Å²) in [7, 11) is 2.92. The highest BCUT2D eigenvalue weighted by molar-refractivity contribution is 14.1. The number of likely N-dealkylation sites (N-methyl/N-ethyl adjacent to an activating group) is 1. The monoisotopic (exact) mass is 642 g/mol. The fraction of sp³-hybridized carbons (Fsp3) is 0.391. The number of halogens is 1. The number of amides is 2. The second-order valence-electron chi connectivity index (χ2n) is 9.55. The SMILES string of the molecule is CN(C)[C@@H]1C(=O)C(C(N)=O)=C(O)[C@@]2(O)C(=O)C3=C(O)c4c(O)c(NC(=O)CI)cc([N+](=O)[O-])c4C[C@H]3C[C@@H]12. The van der Waals surface area contributed by atoms with E-state index in [1.807, 2.05) is 0 Å². The van der Waals surface area contributed by atoms with Gasteiger partial charge in [0, 0.05) is 23.1 Å². The third-order valence-corrected chi connectivity index (χ3v) is 7.98. The molecule has 1 aromatic carbocycles. The highest BCUT2D eigenvalue weighted by atomic mass is 127. The van der Waals surface area contributed by atoms with Crippen LogP contribution in [0, 0.1) is 22.0 Å². The van der Waals surface area contributed by atoms with Crippen molar-refractivity contribution in [2.24, 2.45) is 17.6 Å². The summed E-state index contributed by atoms with van der Waals surface area (Å²) in [5.74, 6) is -9.27. The maximum Gasteiger partial charge on any atom is 0.275 e. The lowest BCUT2D eigenvalue weighted by Gasteiger charge is -2.50. The summed E-state index contributed by atoms with van der Waals surface area (Å²) in [5, 5.41) is 58.7. The van der Waals surface area contributed by atoms with Gasteiger partial charge in [-0.3, -0.25) is 34.2 Å². The van der Waals surface area contributed by atoms with Gasteiger partial charge >= 0.3 is 0 Å². The van der Waals surface area contributed by atoms with Gasteiger partial charge in [0.25, 0.3) is 11.6 Å². The van der Waals surface area contributed by atoms with Gasteiger partial charge in [-0.25, -0.2) is 0 Å². The number of carbonyl (C=O) groups excluding carboxylic acids is 4. The summed E-state index contributed by atoms with van der Waals surface area (Å²) in [6.07, 6.45) is -0.462. The molecule has 0 bridgehead atoms. The van der Waals surface area contributed by atoms with E-state index in [0.717, 1.165) is 6.07 Å². The molecule has 1 fully saturated rings. The topological polar surface area (TPSA) is 234 Å². The number of Topliss-reactive ketones (excluding diaryl/α,β-unsaturated/α-hetero) is 2. The maximum atomic E-state index is 13.8. The van der Waals surface area contributed by atoms with Crippen LogP contribution in [0.2, 0.25) is 0 Å². The number of aliphatic hydroxyl groups excluding tert-OH is 2. The van der Waals surface area contributed by atoms with Crippen LogP contribution in [0.4, 0.5) is 11.4 Å². The average Bonchev–Trinajstić information content (AvgIpc) is 2.82. The normalized spacial score (nSPS) is 26.6. The predicted octanol–water partition coefficient (Wildman–Crippen LogP) is 0.246. The lowest BCUT2D eigenvalue weighted by Crippen LogP contribution is -2.65. The van der Waals surface area contributed by atoms with Crippen LogP contribution >= 0.6 is 22.6 Å². The van der Waals surface area contributed by atoms with Crippen LogP contribution in [0.25, 0.3) is 5.76 Å². The number of nitrogens with zero attached hydrogens (tertiary/aromatic N) is 2. The van der Waals surface area contributed by atoms with Crippen LogP contribution in [0.5, 0.6) is 5.75 Å². The number of anilines is 1. The Kier molecular flexibility index (Phi) is 6.73. The molecule has 0 saturated heterocycles. The molecule has 2 amide bonds. The molecule has 7 N–H and O–H groups in total. The fourth-order valence-electron chi connectivity index (χ4n) is 5.73. The van der Waals surface area contributed by atoms with Gasteiger partial charge in [0.15, 0.2) is 17.1 Å². The van der Waals surface area contributed by atoms with Crippen molar-refractivity contribution in [3.05, 3.63) is 44.2 Å². The van der Waals surface area contributed by atoms with Crippen molar-refractivity contribution in [1.29, 1.82) is 0 Å². The molecule has 14 nitrogen and oxygen atoms in total. The molecule has 0 radical (unpaired) electrons. The summed E-state index contributed by atoms with van der Waals surface area (Å²) < 4.78 is -0.0519. The second kappa shape index (κ2) is 9.32. The molecule has 38 heavy (non-hydrogen) atoms. The highest BCUT2D eigenvalue weighted by Crippen LogP contribution is 2.54. The van der Waals surface area contributed by atoms with E-state index in [1.54, 1.807) is 22.6 Å². The number of primary amides is 1. The Balaban J connectivity index is 2.00. The minimum absolute atomic E-state index is 0.0519. The van der Waals surface area contributed by atoms with Gasteiger partial charge < -0.3 is 31.5 Å². The smallest absolute Gasteiger partial charge is 0.275 e. The second-order valence-corrected chi connectivity index (χ2v) is 10.3. The minimum Gasteiger partial charge on any atom is -0.508 e. The summed E-state index contributed by atoms with van der Waals surface area (Å²) in [5.41, 5.74) is -0.487. The van der Waals surface area contributed by atoms with Gasteiger partial charge in [0.05, 0.1) is 26.6 Å². The number of hydrogen-bond acceptors (Lipinski definition) is 11. The van der Waals surface area contributed by atoms with Crippen molar-refractivity contribution in [2.45, 2.75) is 24.5 Å². The van der Waals surface area contributed by atoms with Crippen LogP contribution in [-0.2, 0) is 25.6 Å². The highest BCUT2D eigenvalue weighted by Gasteiger charge is 2.64. The van der Waals surface area contributed by atoms with Gasteiger partial charge in [0.1, 0.15) is 17.1 Å². The number of phenols is 1. The lowest BCUT2D eigenvalue weighted by molar-refractivity contribution is -0.385. The molecular formula is C23H23IN4O10. The van der Waals surface area contributed by atoms with Crippen LogP contribution in [0.1, 0.15) is 17.5 Å². The Bertz CT molecular complexity index is 1400. The van der Waals surface area contributed by atoms with Crippen molar-refractivity contribution in [1.82, 2.24) is 4.90 Å². The van der Waals surface area contributed by atoms with Crippen LogP contribution in [0.3, 0.4) is 0 Å². The van der Waals surface area contributed by atoms with E-state index in [2.05, 4.69) is 5.32 Å². The Morgan fingerprint density at radius 2 is 1.92 bits per heavy atom. The van der Waals surface area contributed by atoms with Gasteiger partial charge in [-0.1, -0.05) is 22.6 Å². The van der Waals surface area contributed by atoms with E-state index in [0.29, 0.717) is 0 Å². The molecule has 4 rings (SSSR count). The Morgan fingerprint density at radius 3 is 2.45 bits per heavy atom. The first kappa shape index (κ1) is 27.5. The Morgan fingerprint density at radius 1 is 1.29 bits per heavy atom. The number of nitrogens with two attached hydrogens (primary N) is 1. The number of aromatic hydroxyl groups is 1. The van der Waals surface area contributed by atoms with E-state index < -0.39 is 91.4 Å². The number of aliphatic hydroxyl groups is 3. The number of ketones is 2.